The summed E-state index contributed by atoms with van der Waals surface area (Å²) in [6, 6.07) is 0. The lowest BCUT2D eigenvalue weighted by atomic mass is 10.3. The van der Waals surface area contributed by atoms with Gasteiger partial charge >= 0.3 is 12.1 Å². The third kappa shape index (κ3) is 6.43. The third-order valence-electron chi connectivity index (χ3n) is 2.61. The molecule has 124 valence electrons. The van der Waals surface area contributed by atoms with Crippen molar-refractivity contribution in [3.05, 3.63) is 16.9 Å². The molecule has 7 nitrogen and oxygen atoms in total. The zero-order chi connectivity index (χ0) is 16.8. The van der Waals surface area contributed by atoms with Crippen LogP contribution in [0.5, 0.6) is 0 Å². The fourth-order valence-electron chi connectivity index (χ4n) is 1.58. The Bertz CT molecular complexity index is 515. The molecule has 11 heteroatoms. The van der Waals surface area contributed by atoms with Gasteiger partial charge < -0.3 is 15.3 Å². The number of alkyl halides is 3. The summed E-state index contributed by atoms with van der Waals surface area (Å²) in [7, 11) is 0. The largest absolute Gasteiger partial charge is 0.490 e. The van der Waals surface area contributed by atoms with Crippen LogP contribution in [0.25, 0.3) is 0 Å². The smallest absolute Gasteiger partial charge is 0.475 e. The number of aliphatic carboxylic acids is 1. The summed E-state index contributed by atoms with van der Waals surface area (Å²) in [5, 5.41) is 14.4. The Hall–Kier alpha value is -1.62. The molecule has 2 heterocycles. The molecule has 0 radical (unpaired) electrons. The number of carbonyl (C=O) groups excluding carboxylic acids is 1. The number of carbonyl (C=O) groups is 2. The molecule has 22 heavy (non-hydrogen) atoms. The van der Waals surface area contributed by atoms with Crippen LogP contribution >= 0.6 is 15.9 Å². The van der Waals surface area contributed by atoms with Gasteiger partial charge in [-0.05, 0) is 15.9 Å². The summed E-state index contributed by atoms with van der Waals surface area (Å²) in [5.74, 6) is -2.63. The van der Waals surface area contributed by atoms with Gasteiger partial charge in [-0.25, -0.2) is 4.79 Å². The van der Waals surface area contributed by atoms with E-state index in [1.54, 1.807) is 17.1 Å². The number of halogens is 4. The Labute approximate surface area is 132 Å². The van der Waals surface area contributed by atoms with E-state index in [0.717, 1.165) is 30.7 Å². The minimum Gasteiger partial charge on any atom is -0.475 e. The molecule has 1 fully saturated rings. The van der Waals surface area contributed by atoms with Gasteiger partial charge in [0.25, 0.3) is 0 Å². The van der Waals surface area contributed by atoms with Crippen molar-refractivity contribution in [3.8, 4) is 0 Å². The van der Waals surface area contributed by atoms with Crippen LogP contribution in [0.3, 0.4) is 0 Å². The fraction of sp³-hybridized carbons (Fsp3) is 0.545. The molecule has 0 atom stereocenters. The number of nitrogens with one attached hydrogen (secondary N) is 1. The number of amides is 1. The van der Waals surface area contributed by atoms with E-state index in [9.17, 15) is 18.0 Å². The van der Waals surface area contributed by atoms with Gasteiger partial charge in [-0.3, -0.25) is 9.48 Å². The Morgan fingerprint density at radius 2 is 1.91 bits per heavy atom. The maximum atomic E-state index is 11.8. The molecule has 1 aromatic heterocycles. The quantitative estimate of drug-likeness (QED) is 0.781. The molecule has 2 rings (SSSR count). The lowest BCUT2D eigenvalue weighted by Gasteiger charge is -2.27. The predicted octanol–water partition coefficient (Wildman–Crippen LogP) is 0.711. The molecule has 0 aromatic carbocycles. The van der Waals surface area contributed by atoms with Crippen LogP contribution in [-0.4, -0.2) is 64.0 Å². The van der Waals surface area contributed by atoms with Crippen molar-refractivity contribution in [1.29, 1.82) is 0 Å². The summed E-state index contributed by atoms with van der Waals surface area (Å²) < 4.78 is 34.3. The Morgan fingerprint density at radius 3 is 2.32 bits per heavy atom. The molecule has 0 unspecified atom stereocenters. The molecule has 1 aliphatic heterocycles. The first-order chi connectivity index (χ1) is 10.2. The van der Waals surface area contributed by atoms with Crippen LogP contribution in [0.2, 0.25) is 0 Å². The number of aromatic nitrogens is 2. The molecule has 0 spiro atoms. The summed E-state index contributed by atoms with van der Waals surface area (Å²) in [6.07, 6.45) is -1.59. The Kier molecular flexibility index (Phi) is 6.81. The van der Waals surface area contributed by atoms with Gasteiger partial charge in [0, 0.05) is 32.4 Å². The molecule has 1 saturated heterocycles. The van der Waals surface area contributed by atoms with Crippen LogP contribution in [0.1, 0.15) is 0 Å². The van der Waals surface area contributed by atoms with Gasteiger partial charge in [-0.15, -0.1) is 0 Å². The van der Waals surface area contributed by atoms with Gasteiger partial charge in [0.15, 0.2) is 0 Å². The van der Waals surface area contributed by atoms with Crippen molar-refractivity contribution in [2.75, 3.05) is 26.2 Å². The number of rotatable bonds is 2. The first-order valence-electron chi connectivity index (χ1n) is 6.16. The van der Waals surface area contributed by atoms with Gasteiger partial charge in [0.1, 0.15) is 6.54 Å². The number of nitrogens with zero attached hydrogens (tertiary/aromatic N) is 3. The molecular formula is C11H14BrF3N4O3. The standard InChI is InChI=1S/C9H13BrN4O.C2HF3O2/c10-8-5-12-14(6-8)7-9(15)13-3-1-11-2-4-13;3-2(4,5)1(6)7/h5-6,11H,1-4,7H2;(H,6,7). The molecule has 1 aromatic rings. The molecular weight excluding hydrogens is 373 g/mol. The summed E-state index contributed by atoms with van der Waals surface area (Å²) in [4.78, 5) is 22.6. The fourth-order valence-corrected chi connectivity index (χ4v) is 1.91. The Balaban J connectivity index is 0.000000295. The topological polar surface area (TPSA) is 87.5 Å². The third-order valence-corrected chi connectivity index (χ3v) is 3.02. The average Bonchev–Trinajstić information content (AvgIpc) is 2.84. The second-order valence-electron chi connectivity index (χ2n) is 4.29. The number of hydrogen-bond donors (Lipinski definition) is 2. The second-order valence-corrected chi connectivity index (χ2v) is 5.21. The van der Waals surface area contributed by atoms with Gasteiger partial charge in [0.2, 0.25) is 5.91 Å². The van der Waals surface area contributed by atoms with E-state index >= 15 is 0 Å². The van der Waals surface area contributed by atoms with E-state index < -0.39 is 12.1 Å². The van der Waals surface area contributed by atoms with Crippen molar-refractivity contribution in [2.24, 2.45) is 0 Å². The van der Waals surface area contributed by atoms with E-state index in [2.05, 4.69) is 26.3 Å². The monoisotopic (exact) mass is 386 g/mol. The summed E-state index contributed by atoms with van der Waals surface area (Å²) in [6.45, 7) is 3.68. The van der Waals surface area contributed by atoms with Crippen LogP contribution in [0.4, 0.5) is 13.2 Å². The van der Waals surface area contributed by atoms with Crippen molar-refractivity contribution in [2.45, 2.75) is 12.7 Å². The maximum Gasteiger partial charge on any atom is 0.490 e. The van der Waals surface area contributed by atoms with Crippen LogP contribution in [0.15, 0.2) is 16.9 Å². The highest BCUT2D eigenvalue weighted by Gasteiger charge is 2.38. The number of piperazine rings is 1. The summed E-state index contributed by atoms with van der Waals surface area (Å²) >= 11 is 3.30. The highest BCUT2D eigenvalue weighted by atomic mass is 79.9. The average molecular weight is 387 g/mol. The first-order valence-corrected chi connectivity index (χ1v) is 6.96. The van der Waals surface area contributed by atoms with E-state index in [1.165, 1.54) is 0 Å². The van der Waals surface area contributed by atoms with Gasteiger partial charge in [0.05, 0.1) is 10.7 Å². The van der Waals surface area contributed by atoms with Crippen LogP contribution < -0.4 is 5.32 Å². The lowest BCUT2D eigenvalue weighted by molar-refractivity contribution is -0.192. The van der Waals surface area contributed by atoms with E-state index in [0.29, 0.717) is 6.54 Å². The highest BCUT2D eigenvalue weighted by molar-refractivity contribution is 9.10. The highest BCUT2D eigenvalue weighted by Crippen LogP contribution is 2.13. The van der Waals surface area contributed by atoms with E-state index in [-0.39, 0.29) is 5.91 Å². The van der Waals surface area contributed by atoms with Crippen LogP contribution in [-0.2, 0) is 16.1 Å². The summed E-state index contributed by atoms with van der Waals surface area (Å²) in [5.41, 5.74) is 0. The predicted molar refractivity (Wildman–Crippen MR) is 73.1 cm³/mol. The zero-order valence-electron chi connectivity index (χ0n) is 11.3. The van der Waals surface area contributed by atoms with E-state index in [1.807, 2.05) is 4.90 Å². The van der Waals surface area contributed by atoms with Gasteiger partial charge in [-0.1, -0.05) is 0 Å². The zero-order valence-corrected chi connectivity index (χ0v) is 12.9. The minimum absolute atomic E-state index is 0.132. The van der Waals surface area contributed by atoms with Crippen molar-refractivity contribution in [1.82, 2.24) is 20.0 Å². The molecule has 1 aliphatic rings. The van der Waals surface area contributed by atoms with E-state index in [4.69, 9.17) is 9.90 Å². The molecule has 1 amide bonds. The van der Waals surface area contributed by atoms with Crippen molar-refractivity contribution in [3.63, 3.8) is 0 Å². The SMILES string of the molecule is O=C(Cn1cc(Br)cn1)N1CCNCC1.O=C(O)C(F)(F)F. The number of hydrogen-bond acceptors (Lipinski definition) is 4. The minimum atomic E-state index is -5.08. The number of carboxylic acid groups (broad SMARTS) is 1. The molecule has 0 saturated carbocycles. The lowest BCUT2D eigenvalue weighted by Crippen LogP contribution is -2.47. The second kappa shape index (κ2) is 8.13. The Morgan fingerprint density at radius 1 is 1.36 bits per heavy atom. The first kappa shape index (κ1) is 18.4. The molecule has 0 aliphatic carbocycles. The normalized spacial score (nSPS) is 15.0. The molecule has 2 N–H and O–H groups in total. The van der Waals surface area contributed by atoms with Gasteiger partial charge in [-0.2, -0.15) is 18.3 Å². The molecule has 0 bridgehead atoms. The number of carboxylic acids is 1. The van der Waals surface area contributed by atoms with Crippen molar-refractivity contribution >= 4 is 27.8 Å². The van der Waals surface area contributed by atoms with Crippen LogP contribution in [0, 0.1) is 0 Å². The maximum absolute atomic E-state index is 11.8. The van der Waals surface area contributed by atoms with Crippen molar-refractivity contribution < 1.29 is 27.9 Å².